The lowest BCUT2D eigenvalue weighted by atomic mass is 9.57. The molecule has 1 fully saturated rings. The molecule has 3 aliphatic heterocycles. The summed E-state index contributed by atoms with van der Waals surface area (Å²) in [5.41, 5.74) is 5.55. The Morgan fingerprint density at radius 2 is 1.09 bits per heavy atom. The van der Waals surface area contributed by atoms with E-state index in [2.05, 4.69) is 171 Å². The highest BCUT2D eigenvalue weighted by Crippen LogP contribution is 2.60. The van der Waals surface area contributed by atoms with Gasteiger partial charge in [-0.05, 0) is 108 Å². The minimum Gasteiger partial charge on any atom is -0.363 e. The maximum absolute atomic E-state index is 15.3. The van der Waals surface area contributed by atoms with Crippen LogP contribution >= 0.6 is 0 Å². The van der Waals surface area contributed by atoms with E-state index in [-0.39, 0.29) is 17.5 Å². The van der Waals surface area contributed by atoms with E-state index in [0.717, 1.165) is 24.8 Å². The molecule has 0 bridgehead atoms. The van der Waals surface area contributed by atoms with Crippen molar-refractivity contribution >= 4 is 44.3 Å². The predicted molar refractivity (Wildman–Crippen MR) is 225 cm³/mol. The molecule has 1 spiro atoms. The van der Waals surface area contributed by atoms with Crippen molar-refractivity contribution in [1.29, 1.82) is 0 Å². The molecule has 5 heteroatoms. The molecule has 4 atom stereocenters. The van der Waals surface area contributed by atoms with Crippen LogP contribution in [0.1, 0.15) is 74.6 Å². The number of nitrogens with zero attached hydrogens (tertiary/aromatic N) is 1. The number of anilines is 1. The van der Waals surface area contributed by atoms with Crippen LogP contribution in [0.3, 0.4) is 0 Å². The van der Waals surface area contributed by atoms with E-state index in [1.165, 1.54) is 43.1 Å². The SMILES string of the molecule is CC(C)(C)N1c2ccccc2[C@@H]2CCC3[C@@H](CCC21)S(=O)(=O)c1ccccc1C31c2ccccc2[Si](c2ccccc2)(c2ccccc2)c2ccccc21. The number of hydrogen-bond acceptors (Lipinski definition) is 3. The van der Waals surface area contributed by atoms with Gasteiger partial charge in [0.2, 0.25) is 0 Å². The van der Waals surface area contributed by atoms with Gasteiger partial charge >= 0.3 is 0 Å². The summed E-state index contributed by atoms with van der Waals surface area (Å²) in [4.78, 5) is 3.14. The molecular formula is C49H47NO2SSi. The van der Waals surface area contributed by atoms with Crippen LogP contribution in [-0.2, 0) is 15.3 Å². The first kappa shape index (κ1) is 33.8. The molecule has 6 aromatic rings. The summed E-state index contributed by atoms with van der Waals surface area (Å²) >= 11 is 0. The summed E-state index contributed by atoms with van der Waals surface area (Å²) in [5.74, 6) is 0.199. The Hall–Kier alpha value is -4.71. The maximum Gasteiger partial charge on any atom is 0.181 e. The van der Waals surface area contributed by atoms with Crippen LogP contribution in [0.2, 0.25) is 0 Å². The van der Waals surface area contributed by atoms with Crippen molar-refractivity contribution in [3.63, 3.8) is 0 Å². The van der Waals surface area contributed by atoms with E-state index >= 15 is 8.42 Å². The molecule has 3 heterocycles. The number of sulfone groups is 1. The Labute approximate surface area is 321 Å². The van der Waals surface area contributed by atoms with Gasteiger partial charge in [0.25, 0.3) is 0 Å². The number of rotatable bonds is 2. The highest BCUT2D eigenvalue weighted by Gasteiger charge is 2.63. The fourth-order valence-electron chi connectivity index (χ4n) is 11.9. The van der Waals surface area contributed by atoms with Gasteiger partial charge in [-0.15, -0.1) is 0 Å². The third kappa shape index (κ3) is 4.43. The second-order valence-corrected chi connectivity index (χ2v) is 22.9. The zero-order valence-electron chi connectivity index (χ0n) is 31.3. The van der Waals surface area contributed by atoms with E-state index in [1.54, 1.807) is 0 Å². The molecular weight excluding hydrogens is 695 g/mol. The Kier molecular flexibility index (Phi) is 7.61. The van der Waals surface area contributed by atoms with Gasteiger partial charge in [-0.3, -0.25) is 0 Å². The molecule has 1 aliphatic carbocycles. The molecule has 0 saturated heterocycles. The fraction of sp³-hybridized carbons (Fsp3) is 0.265. The van der Waals surface area contributed by atoms with Crippen molar-refractivity contribution in [1.82, 2.24) is 0 Å². The molecule has 10 rings (SSSR count). The van der Waals surface area contributed by atoms with Crippen molar-refractivity contribution in [2.45, 2.75) is 79.5 Å². The Morgan fingerprint density at radius 1 is 0.574 bits per heavy atom. The molecule has 54 heavy (non-hydrogen) atoms. The van der Waals surface area contributed by atoms with E-state index in [4.69, 9.17) is 0 Å². The maximum atomic E-state index is 15.3. The molecule has 4 aliphatic rings. The van der Waals surface area contributed by atoms with Gasteiger partial charge in [-0.2, -0.15) is 0 Å². The predicted octanol–water partition coefficient (Wildman–Crippen LogP) is 7.83. The molecule has 0 amide bonds. The Bertz CT molecular complexity index is 2420. The normalized spacial score (nSPS) is 24.1. The third-order valence-corrected chi connectivity index (χ3v) is 20.8. The average Bonchev–Trinajstić information content (AvgIpc) is 3.50. The van der Waals surface area contributed by atoms with Gasteiger partial charge in [0.15, 0.2) is 17.9 Å². The van der Waals surface area contributed by atoms with Crippen LogP contribution in [0.4, 0.5) is 5.69 Å². The van der Waals surface area contributed by atoms with Gasteiger partial charge in [0, 0.05) is 23.2 Å². The smallest absolute Gasteiger partial charge is 0.181 e. The lowest BCUT2D eigenvalue weighted by Crippen LogP contribution is -2.80. The second kappa shape index (κ2) is 12.1. The zero-order valence-corrected chi connectivity index (χ0v) is 33.1. The first-order valence-corrected chi connectivity index (χ1v) is 23.3. The summed E-state index contributed by atoms with van der Waals surface area (Å²) in [5, 5.41) is 4.94. The third-order valence-electron chi connectivity index (χ3n) is 13.6. The minimum absolute atomic E-state index is 0.0858. The molecule has 0 radical (unpaired) electrons. The van der Waals surface area contributed by atoms with E-state index in [9.17, 15) is 0 Å². The highest BCUT2D eigenvalue weighted by molar-refractivity contribution is 7.92. The zero-order chi connectivity index (χ0) is 36.9. The fourth-order valence-corrected chi connectivity index (χ4v) is 19.6. The standard InChI is InChI=1S/C49H47NO2SSi/c1-48(2,3)50-42-26-14-10-22-36(42)37-30-31-39-45(33-32-43(37)50)53(51,52)44-27-15-11-23-38(44)49(39)40-24-12-16-28-46(40)54(34-18-6-4-7-19-34,35-20-8-5-9-21-35)47-29-17-13-25-41(47)49/h4-29,37,39,43,45H,30-33H2,1-3H3/t37-,39?,43?,45+/m0/s1. The minimum atomic E-state index is -3.65. The monoisotopic (exact) mass is 741 g/mol. The number of hydrogen-bond donors (Lipinski definition) is 0. The largest absolute Gasteiger partial charge is 0.363 e. The summed E-state index contributed by atoms with van der Waals surface area (Å²) in [7, 11) is -6.53. The van der Waals surface area contributed by atoms with Crippen molar-refractivity contribution in [3.8, 4) is 0 Å². The topological polar surface area (TPSA) is 37.4 Å². The van der Waals surface area contributed by atoms with Crippen LogP contribution in [0.15, 0.2) is 163 Å². The molecule has 3 nitrogen and oxygen atoms in total. The summed E-state index contributed by atoms with van der Waals surface area (Å²) < 4.78 is 30.6. The van der Waals surface area contributed by atoms with Crippen LogP contribution in [0.25, 0.3) is 0 Å². The number of fused-ring (bicyclic) bond motifs is 11. The van der Waals surface area contributed by atoms with Gasteiger partial charge in [-0.1, -0.05) is 146 Å². The van der Waals surface area contributed by atoms with Crippen LogP contribution in [0, 0.1) is 5.92 Å². The van der Waals surface area contributed by atoms with Crippen molar-refractivity contribution in [3.05, 3.63) is 180 Å². The van der Waals surface area contributed by atoms with E-state index in [1.807, 2.05) is 12.1 Å². The summed E-state index contributed by atoms with van der Waals surface area (Å²) in [6, 6.07) is 58.0. The second-order valence-electron chi connectivity index (χ2n) is 17.0. The van der Waals surface area contributed by atoms with Gasteiger partial charge < -0.3 is 4.90 Å². The Balaban J connectivity index is 1.28. The molecule has 2 unspecified atom stereocenters. The van der Waals surface area contributed by atoms with Crippen LogP contribution in [0.5, 0.6) is 0 Å². The van der Waals surface area contributed by atoms with E-state index < -0.39 is 28.6 Å². The van der Waals surface area contributed by atoms with Crippen molar-refractivity contribution in [2.75, 3.05) is 4.90 Å². The average molecular weight is 742 g/mol. The Morgan fingerprint density at radius 3 is 1.70 bits per heavy atom. The first-order valence-electron chi connectivity index (χ1n) is 19.7. The summed E-state index contributed by atoms with van der Waals surface area (Å²) in [6.07, 6.45) is 3.24. The molecule has 0 aromatic heterocycles. The highest BCUT2D eigenvalue weighted by atomic mass is 32.2. The number of para-hydroxylation sites is 1. The quantitative estimate of drug-likeness (QED) is 0.170. The van der Waals surface area contributed by atoms with Gasteiger partial charge in [0.05, 0.1) is 15.6 Å². The molecule has 0 N–H and O–H groups in total. The molecule has 270 valence electrons. The van der Waals surface area contributed by atoms with Gasteiger partial charge in [0.1, 0.15) is 0 Å². The van der Waals surface area contributed by atoms with Crippen LogP contribution in [-0.4, -0.2) is 33.3 Å². The lowest BCUT2D eigenvalue weighted by molar-refractivity contribution is 0.252. The van der Waals surface area contributed by atoms with E-state index in [0.29, 0.717) is 17.2 Å². The van der Waals surface area contributed by atoms with Crippen molar-refractivity contribution < 1.29 is 8.42 Å². The first-order chi connectivity index (χ1) is 26.2. The molecule has 6 aromatic carbocycles. The number of benzene rings is 6. The lowest BCUT2D eigenvalue weighted by Gasteiger charge is -2.57. The summed E-state index contributed by atoms with van der Waals surface area (Å²) in [6.45, 7) is 6.92. The molecule has 1 saturated carbocycles. The van der Waals surface area contributed by atoms with Crippen molar-refractivity contribution in [2.24, 2.45) is 5.92 Å². The van der Waals surface area contributed by atoms with Crippen LogP contribution < -0.4 is 25.6 Å². The van der Waals surface area contributed by atoms with Gasteiger partial charge in [-0.25, -0.2) is 8.42 Å².